The first-order chi connectivity index (χ1) is 23.2. The van der Waals surface area contributed by atoms with Crippen molar-refractivity contribution in [3.05, 3.63) is 180 Å². The van der Waals surface area contributed by atoms with Crippen LogP contribution in [0.1, 0.15) is 36.2 Å². The summed E-state index contributed by atoms with van der Waals surface area (Å²) in [6.07, 6.45) is 3.17. The van der Waals surface area contributed by atoms with Gasteiger partial charge < -0.3 is 15.5 Å². The van der Waals surface area contributed by atoms with Gasteiger partial charge in [-0.25, -0.2) is 0 Å². The quantitative estimate of drug-likeness (QED) is 0.189. The van der Waals surface area contributed by atoms with E-state index in [1.54, 1.807) is 0 Å². The number of anilines is 3. The fraction of sp³-hybridized carbons (Fsp3) is 0.0930. The Kier molecular flexibility index (Phi) is 7.60. The summed E-state index contributed by atoms with van der Waals surface area (Å²) in [5.41, 5.74) is 13.7. The monoisotopic (exact) mass is 608 g/mol. The minimum Gasteiger partial charge on any atom is -0.363 e. The summed E-state index contributed by atoms with van der Waals surface area (Å²) >= 11 is 0. The SMILES string of the molecule is CCC1Nc2ccccc2N1c1ccc(-c2cccc(-c3ccccc3C3N=C(c4ccccc4)C=C(c4ccccc4)N3)c2)cc1. The third-order valence-corrected chi connectivity index (χ3v) is 9.09. The molecule has 2 atom stereocenters. The van der Waals surface area contributed by atoms with Gasteiger partial charge >= 0.3 is 0 Å². The molecule has 0 aromatic heterocycles. The van der Waals surface area contributed by atoms with Gasteiger partial charge in [-0.15, -0.1) is 0 Å². The van der Waals surface area contributed by atoms with Crippen LogP contribution in [0.25, 0.3) is 28.0 Å². The van der Waals surface area contributed by atoms with Crippen molar-refractivity contribution in [2.75, 3.05) is 10.2 Å². The Balaban J connectivity index is 1.13. The Labute approximate surface area is 276 Å². The molecule has 0 aliphatic carbocycles. The third kappa shape index (κ3) is 5.59. The molecule has 2 N–H and O–H groups in total. The molecule has 6 aromatic rings. The zero-order valence-corrected chi connectivity index (χ0v) is 26.3. The van der Waals surface area contributed by atoms with Crippen molar-refractivity contribution in [2.24, 2.45) is 4.99 Å². The van der Waals surface area contributed by atoms with Gasteiger partial charge in [-0.2, -0.15) is 0 Å². The van der Waals surface area contributed by atoms with Gasteiger partial charge in [0.05, 0.1) is 17.1 Å². The molecular weight excluding hydrogens is 573 g/mol. The van der Waals surface area contributed by atoms with Crippen LogP contribution < -0.4 is 15.5 Å². The lowest BCUT2D eigenvalue weighted by atomic mass is 9.93. The van der Waals surface area contributed by atoms with E-state index in [1.165, 1.54) is 39.3 Å². The number of rotatable bonds is 7. The zero-order valence-electron chi connectivity index (χ0n) is 26.3. The molecule has 0 saturated heterocycles. The average molecular weight is 609 g/mol. The van der Waals surface area contributed by atoms with E-state index in [1.807, 2.05) is 6.07 Å². The normalized spacial score (nSPS) is 16.8. The molecule has 4 heteroatoms. The highest BCUT2D eigenvalue weighted by Crippen LogP contribution is 2.41. The fourth-order valence-electron chi connectivity index (χ4n) is 6.73. The number of hydrogen-bond donors (Lipinski definition) is 2. The first-order valence-corrected chi connectivity index (χ1v) is 16.4. The standard InChI is InChI=1S/C43H36N4/c1-2-42-44-38-22-11-12-23-41(38)47(42)35-26-24-30(25-27-35)33-18-13-19-34(28-33)36-20-9-10-21-37(36)43-45-39(31-14-5-3-6-15-31)29-40(46-43)32-16-7-4-8-17-32/h3-29,42-45H,2H2,1H3. The molecule has 47 heavy (non-hydrogen) atoms. The van der Waals surface area contributed by atoms with Crippen LogP contribution in [0.5, 0.6) is 0 Å². The number of hydrogen-bond acceptors (Lipinski definition) is 4. The van der Waals surface area contributed by atoms with Gasteiger partial charge in [-0.05, 0) is 76.2 Å². The Hall–Kier alpha value is -5.87. The molecular formula is C43H36N4. The number of allylic oxidation sites excluding steroid dienone is 1. The molecule has 2 aliphatic heterocycles. The number of benzene rings is 6. The van der Waals surface area contributed by atoms with E-state index in [4.69, 9.17) is 4.99 Å². The van der Waals surface area contributed by atoms with Crippen LogP contribution in [0.4, 0.5) is 17.1 Å². The number of para-hydroxylation sites is 2. The third-order valence-electron chi connectivity index (χ3n) is 9.09. The summed E-state index contributed by atoms with van der Waals surface area (Å²) < 4.78 is 0. The van der Waals surface area contributed by atoms with Gasteiger partial charge in [0, 0.05) is 16.9 Å². The summed E-state index contributed by atoms with van der Waals surface area (Å²) in [6, 6.07) is 55.9. The fourth-order valence-corrected chi connectivity index (χ4v) is 6.73. The van der Waals surface area contributed by atoms with Crippen LogP contribution in [0, 0.1) is 0 Å². The average Bonchev–Trinajstić information content (AvgIpc) is 3.54. The topological polar surface area (TPSA) is 39.7 Å². The van der Waals surface area contributed by atoms with Crippen LogP contribution in [-0.4, -0.2) is 11.9 Å². The molecule has 6 aromatic carbocycles. The zero-order chi connectivity index (χ0) is 31.6. The smallest absolute Gasteiger partial charge is 0.146 e. The number of fused-ring (bicyclic) bond motifs is 1. The van der Waals surface area contributed by atoms with Crippen molar-refractivity contribution in [2.45, 2.75) is 25.7 Å². The van der Waals surface area contributed by atoms with Crippen LogP contribution in [0.15, 0.2) is 169 Å². The number of nitrogens with one attached hydrogen (secondary N) is 2. The van der Waals surface area contributed by atoms with Crippen molar-refractivity contribution in [1.82, 2.24) is 5.32 Å². The summed E-state index contributed by atoms with van der Waals surface area (Å²) in [7, 11) is 0. The Bertz CT molecular complexity index is 2080. The second-order valence-corrected chi connectivity index (χ2v) is 12.0. The summed E-state index contributed by atoms with van der Waals surface area (Å²) in [4.78, 5) is 7.67. The van der Waals surface area contributed by atoms with E-state index in [-0.39, 0.29) is 12.3 Å². The van der Waals surface area contributed by atoms with Gasteiger partial charge in [-0.1, -0.05) is 134 Å². The van der Waals surface area contributed by atoms with Crippen molar-refractivity contribution in [3.63, 3.8) is 0 Å². The molecule has 0 saturated carbocycles. The lowest BCUT2D eigenvalue weighted by molar-refractivity contribution is 0.665. The minimum absolute atomic E-state index is 0.243. The predicted octanol–water partition coefficient (Wildman–Crippen LogP) is 10.5. The van der Waals surface area contributed by atoms with Gasteiger partial charge in [0.15, 0.2) is 0 Å². The van der Waals surface area contributed by atoms with Crippen LogP contribution in [0.2, 0.25) is 0 Å². The highest BCUT2D eigenvalue weighted by Gasteiger charge is 2.28. The van der Waals surface area contributed by atoms with E-state index in [0.717, 1.165) is 34.5 Å². The first-order valence-electron chi connectivity index (χ1n) is 16.4. The van der Waals surface area contributed by atoms with Gasteiger partial charge in [0.1, 0.15) is 12.3 Å². The predicted molar refractivity (Wildman–Crippen MR) is 197 cm³/mol. The van der Waals surface area contributed by atoms with Crippen LogP contribution in [0.3, 0.4) is 0 Å². The largest absolute Gasteiger partial charge is 0.363 e. The first kappa shape index (κ1) is 28.6. The second kappa shape index (κ2) is 12.5. The molecule has 0 bridgehead atoms. The summed E-state index contributed by atoms with van der Waals surface area (Å²) in [5.74, 6) is 0. The maximum Gasteiger partial charge on any atom is 0.146 e. The van der Waals surface area contributed by atoms with Crippen molar-refractivity contribution < 1.29 is 0 Å². The Morgan fingerprint density at radius 3 is 2.02 bits per heavy atom. The second-order valence-electron chi connectivity index (χ2n) is 12.0. The van der Waals surface area contributed by atoms with Gasteiger partial charge in [-0.3, -0.25) is 4.99 Å². The number of aliphatic imine (C=N–C) groups is 1. The molecule has 0 radical (unpaired) electrons. The Morgan fingerprint density at radius 2 is 1.23 bits per heavy atom. The molecule has 0 amide bonds. The summed E-state index contributed by atoms with van der Waals surface area (Å²) in [5, 5.41) is 7.42. The highest BCUT2D eigenvalue weighted by molar-refractivity contribution is 6.13. The minimum atomic E-state index is -0.243. The van der Waals surface area contributed by atoms with Crippen LogP contribution >= 0.6 is 0 Å². The molecule has 4 nitrogen and oxygen atoms in total. The molecule has 0 spiro atoms. The molecule has 228 valence electrons. The van der Waals surface area contributed by atoms with Crippen LogP contribution in [-0.2, 0) is 0 Å². The molecule has 8 rings (SSSR count). The lowest BCUT2D eigenvalue weighted by Crippen LogP contribution is -2.30. The Morgan fingerprint density at radius 1 is 0.574 bits per heavy atom. The molecule has 2 aliphatic rings. The molecule has 2 unspecified atom stereocenters. The van der Waals surface area contributed by atoms with E-state index in [0.29, 0.717) is 0 Å². The lowest BCUT2D eigenvalue weighted by Gasteiger charge is -2.27. The highest BCUT2D eigenvalue weighted by atomic mass is 15.3. The van der Waals surface area contributed by atoms with E-state index >= 15 is 0 Å². The maximum atomic E-state index is 5.26. The van der Waals surface area contributed by atoms with E-state index in [9.17, 15) is 0 Å². The number of nitrogens with zero attached hydrogens (tertiary/aromatic N) is 2. The summed E-state index contributed by atoms with van der Waals surface area (Å²) in [6.45, 7) is 2.23. The molecule has 2 heterocycles. The van der Waals surface area contributed by atoms with E-state index < -0.39 is 0 Å². The van der Waals surface area contributed by atoms with Crippen molar-refractivity contribution in [1.29, 1.82) is 0 Å². The van der Waals surface area contributed by atoms with Crippen molar-refractivity contribution >= 4 is 28.5 Å². The maximum absolute atomic E-state index is 5.26. The van der Waals surface area contributed by atoms with Gasteiger partial charge in [0.2, 0.25) is 0 Å². The molecule has 0 fully saturated rings. The van der Waals surface area contributed by atoms with Crippen molar-refractivity contribution in [3.8, 4) is 22.3 Å². The van der Waals surface area contributed by atoms with E-state index in [2.05, 4.69) is 180 Å². The van der Waals surface area contributed by atoms with Gasteiger partial charge in [0.25, 0.3) is 0 Å².